The van der Waals surface area contributed by atoms with E-state index in [1.807, 2.05) is 12.1 Å². The van der Waals surface area contributed by atoms with Crippen molar-refractivity contribution in [2.24, 2.45) is 0 Å². The molecule has 1 rings (SSSR count). The van der Waals surface area contributed by atoms with Crippen molar-refractivity contribution >= 4 is 6.08 Å². The van der Waals surface area contributed by atoms with Crippen molar-refractivity contribution in [1.29, 1.82) is 0 Å². The van der Waals surface area contributed by atoms with Gasteiger partial charge in [-0.2, -0.15) is 0 Å². The molecule has 0 aliphatic heterocycles. The van der Waals surface area contributed by atoms with Gasteiger partial charge in [-0.1, -0.05) is 56.9 Å². The highest BCUT2D eigenvalue weighted by atomic mass is 16.3. The Kier molecular flexibility index (Phi) is 6.39. The highest BCUT2D eigenvalue weighted by Gasteiger charge is 1.89. The van der Waals surface area contributed by atoms with Crippen molar-refractivity contribution < 1.29 is 5.11 Å². The van der Waals surface area contributed by atoms with Crippen molar-refractivity contribution in [3.8, 4) is 5.75 Å². The van der Waals surface area contributed by atoms with Gasteiger partial charge < -0.3 is 5.11 Å². The molecule has 0 atom stereocenters. The van der Waals surface area contributed by atoms with Crippen molar-refractivity contribution in [2.45, 2.75) is 45.4 Å². The van der Waals surface area contributed by atoms with Gasteiger partial charge in [-0.3, -0.25) is 0 Å². The van der Waals surface area contributed by atoms with E-state index in [0.717, 1.165) is 12.0 Å². The van der Waals surface area contributed by atoms with Crippen LogP contribution in [0.4, 0.5) is 0 Å². The molecule has 1 aromatic carbocycles. The number of hydrogen-bond acceptors (Lipinski definition) is 1. The Morgan fingerprint density at radius 3 is 2.69 bits per heavy atom. The number of benzene rings is 1. The van der Waals surface area contributed by atoms with Crippen LogP contribution in [0.2, 0.25) is 0 Å². The van der Waals surface area contributed by atoms with Crippen molar-refractivity contribution in [3.05, 3.63) is 35.9 Å². The van der Waals surface area contributed by atoms with Crippen LogP contribution in [0.1, 0.15) is 51.0 Å². The van der Waals surface area contributed by atoms with Crippen LogP contribution >= 0.6 is 0 Å². The highest BCUT2D eigenvalue weighted by molar-refractivity contribution is 5.51. The van der Waals surface area contributed by atoms with Crippen LogP contribution < -0.4 is 0 Å². The minimum atomic E-state index is 0.338. The smallest absolute Gasteiger partial charge is 0.116 e. The number of phenols is 1. The predicted octanol–water partition coefficient (Wildman–Crippen LogP) is 4.77. The first-order valence-electron chi connectivity index (χ1n) is 6.28. The van der Waals surface area contributed by atoms with Crippen LogP contribution in [-0.2, 0) is 0 Å². The Balaban J connectivity index is 2.17. The van der Waals surface area contributed by atoms with Gasteiger partial charge in [0.05, 0.1) is 0 Å². The summed E-state index contributed by atoms with van der Waals surface area (Å²) in [6, 6.07) is 7.36. The van der Waals surface area contributed by atoms with E-state index in [2.05, 4.69) is 19.1 Å². The normalized spacial score (nSPS) is 11.1. The maximum absolute atomic E-state index is 9.28. The van der Waals surface area contributed by atoms with Gasteiger partial charge in [0, 0.05) is 0 Å². The molecule has 16 heavy (non-hydrogen) atoms. The maximum Gasteiger partial charge on any atom is 0.116 e. The van der Waals surface area contributed by atoms with E-state index in [1.54, 1.807) is 12.1 Å². The molecule has 0 unspecified atom stereocenters. The van der Waals surface area contributed by atoms with E-state index < -0.39 is 0 Å². The lowest BCUT2D eigenvalue weighted by molar-refractivity contribution is 0.475. The molecule has 0 saturated carbocycles. The molecule has 1 nitrogen and oxygen atoms in total. The van der Waals surface area contributed by atoms with Crippen molar-refractivity contribution in [2.75, 3.05) is 0 Å². The molecule has 0 aromatic heterocycles. The van der Waals surface area contributed by atoms with Gasteiger partial charge >= 0.3 is 0 Å². The second-order valence-electron chi connectivity index (χ2n) is 4.20. The van der Waals surface area contributed by atoms with Gasteiger partial charge in [0.15, 0.2) is 0 Å². The molecule has 1 aromatic rings. The quantitative estimate of drug-likeness (QED) is 0.654. The molecule has 0 aliphatic rings. The Bertz CT molecular complexity index is 315. The average Bonchev–Trinajstić information content (AvgIpc) is 2.28. The molecule has 0 radical (unpaired) electrons. The van der Waals surface area contributed by atoms with Gasteiger partial charge in [0.25, 0.3) is 0 Å². The minimum Gasteiger partial charge on any atom is -0.508 e. The minimum absolute atomic E-state index is 0.338. The zero-order chi connectivity index (χ0) is 11.6. The zero-order valence-corrected chi connectivity index (χ0v) is 10.2. The van der Waals surface area contributed by atoms with E-state index in [9.17, 15) is 5.11 Å². The van der Waals surface area contributed by atoms with Crippen LogP contribution in [0.25, 0.3) is 6.08 Å². The van der Waals surface area contributed by atoms with Crippen molar-refractivity contribution in [1.82, 2.24) is 0 Å². The third kappa shape index (κ3) is 5.59. The Morgan fingerprint density at radius 2 is 1.94 bits per heavy atom. The summed E-state index contributed by atoms with van der Waals surface area (Å²) in [6.07, 6.45) is 12.0. The summed E-state index contributed by atoms with van der Waals surface area (Å²) in [5.41, 5.74) is 1.08. The molecule has 0 fully saturated rings. The lowest BCUT2D eigenvalue weighted by Crippen LogP contribution is -1.76. The molecular weight excluding hydrogens is 196 g/mol. The van der Waals surface area contributed by atoms with Crippen LogP contribution in [0.3, 0.4) is 0 Å². The molecule has 0 aliphatic carbocycles. The number of rotatable bonds is 7. The molecule has 0 spiro atoms. The van der Waals surface area contributed by atoms with Crippen LogP contribution in [0.5, 0.6) is 5.75 Å². The molecule has 0 bridgehead atoms. The SMILES string of the molecule is CCCCCCC/C=C/c1cccc(O)c1. The summed E-state index contributed by atoms with van der Waals surface area (Å²) in [6.45, 7) is 2.24. The molecule has 0 heterocycles. The van der Waals surface area contributed by atoms with E-state index >= 15 is 0 Å². The fraction of sp³-hybridized carbons (Fsp3) is 0.467. The summed E-state index contributed by atoms with van der Waals surface area (Å²) in [5, 5.41) is 9.28. The standard InChI is InChI=1S/C15H22O/c1-2-3-4-5-6-7-8-10-14-11-9-12-15(16)13-14/h8-13,16H,2-7H2,1H3/b10-8+. The summed E-state index contributed by atoms with van der Waals surface area (Å²) >= 11 is 0. The second-order valence-corrected chi connectivity index (χ2v) is 4.20. The zero-order valence-electron chi connectivity index (χ0n) is 10.2. The van der Waals surface area contributed by atoms with Gasteiger partial charge in [-0.15, -0.1) is 0 Å². The summed E-state index contributed by atoms with van der Waals surface area (Å²) in [7, 11) is 0. The predicted molar refractivity (Wildman–Crippen MR) is 70.5 cm³/mol. The monoisotopic (exact) mass is 218 g/mol. The maximum atomic E-state index is 9.28. The first kappa shape index (κ1) is 12.8. The average molecular weight is 218 g/mol. The Morgan fingerprint density at radius 1 is 1.12 bits per heavy atom. The molecule has 1 heteroatoms. The van der Waals surface area contributed by atoms with Crippen LogP contribution in [0, 0.1) is 0 Å². The molecule has 0 amide bonds. The number of hydrogen-bond donors (Lipinski definition) is 1. The number of phenolic OH excluding ortho intramolecular Hbond substituents is 1. The van der Waals surface area contributed by atoms with Gasteiger partial charge in [-0.25, -0.2) is 0 Å². The van der Waals surface area contributed by atoms with Crippen LogP contribution in [0.15, 0.2) is 30.3 Å². The number of allylic oxidation sites excluding steroid dienone is 1. The van der Waals surface area contributed by atoms with E-state index in [-0.39, 0.29) is 0 Å². The van der Waals surface area contributed by atoms with Gasteiger partial charge in [-0.05, 0) is 30.5 Å². The first-order chi connectivity index (χ1) is 7.83. The fourth-order valence-corrected chi connectivity index (χ4v) is 1.71. The molecule has 1 N–H and O–H groups in total. The number of aromatic hydroxyl groups is 1. The molecule has 88 valence electrons. The molecular formula is C15H22O. The van der Waals surface area contributed by atoms with Gasteiger partial charge in [0.1, 0.15) is 5.75 Å². The summed E-state index contributed by atoms with van der Waals surface area (Å²) < 4.78 is 0. The van der Waals surface area contributed by atoms with Gasteiger partial charge in [0.2, 0.25) is 0 Å². The topological polar surface area (TPSA) is 20.2 Å². The van der Waals surface area contributed by atoms with E-state index in [1.165, 1.54) is 32.1 Å². The Hall–Kier alpha value is -1.24. The first-order valence-corrected chi connectivity index (χ1v) is 6.28. The molecule has 0 saturated heterocycles. The third-order valence-electron chi connectivity index (χ3n) is 2.65. The van der Waals surface area contributed by atoms with E-state index in [0.29, 0.717) is 5.75 Å². The fourth-order valence-electron chi connectivity index (χ4n) is 1.71. The lowest BCUT2D eigenvalue weighted by Gasteiger charge is -1.97. The van der Waals surface area contributed by atoms with E-state index in [4.69, 9.17) is 0 Å². The third-order valence-corrected chi connectivity index (χ3v) is 2.65. The summed E-state index contributed by atoms with van der Waals surface area (Å²) in [4.78, 5) is 0. The van der Waals surface area contributed by atoms with Crippen molar-refractivity contribution in [3.63, 3.8) is 0 Å². The highest BCUT2D eigenvalue weighted by Crippen LogP contribution is 2.13. The largest absolute Gasteiger partial charge is 0.508 e. The number of unbranched alkanes of at least 4 members (excludes halogenated alkanes) is 5. The second kappa shape index (κ2) is 7.98. The Labute approximate surface area is 98.8 Å². The summed E-state index contributed by atoms with van der Waals surface area (Å²) in [5.74, 6) is 0.338. The lowest BCUT2D eigenvalue weighted by atomic mass is 10.1. The van der Waals surface area contributed by atoms with Crippen LogP contribution in [-0.4, -0.2) is 5.11 Å².